The molecule has 0 aliphatic rings. The Morgan fingerprint density at radius 3 is 2.74 bits per heavy atom. The largest absolute Gasteiger partial charge is 0.495 e. The van der Waals surface area contributed by atoms with Gasteiger partial charge in [-0.2, -0.15) is 15.0 Å². The maximum Gasteiger partial charge on any atom is 0.234 e. The first-order valence-electron chi connectivity index (χ1n) is 8.36. The number of amides is 1. The molecule has 0 atom stereocenters. The van der Waals surface area contributed by atoms with Gasteiger partial charge < -0.3 is 25.8 Å². The van der Waals surface area contributed by atoms with E-state index in [1.54, 1.807) is 26.2 Å². The van der Waals surface area contributed by atoms with E-state index in [0.29, 0.717) is 42.9 Å². The molecule has 0 fully saturated rings. The molecule has 2 aromatic rings. The maximum atomic E-state index is 11.9. The van der Waals surface area contributed by atoms with Crippen molar-refractivity contribution in [3.8, 4) is 5.75 Å². The van der Waals surface area contributed by atoms with Gasteiger partial charge in [-0.1, -0.05) is 12.1 Å². The molecule has 1 amide bonds. The zero-order chi connectivity index (χ0) is 19.6. The van der Waals surface area contributed by atoms with Crippen LogP contribution < -0.4 is 21.1 Å². The average molecular weight is 375 g/mol. The molecule has 10 heteroatoms. The van der Waals surface area contributed by atoms with Crippen LogP contribution in [0, 0.1) is 0 Å². The monoisotopic (exact) mass is 375 g/mol. The number of rotatable bonds is 10. The molecule has 0 radical (unpaired) electrons. The number of aromatic nitrogens is 3. The summed E-state index contributed by atoms with van der Waals surface area (Å²) in [7, 11) is 4.96. The number of hydrogen-bond acceptors (Lipinski definition) is 9. The van der Waals surface area contributed by atoms with Gasteiger partial charge in [-0.15, -0.1) is 0 Å². The van der Waals surface area contributed by atoms with Gasteiger partial charge >= 0.3 is 0 Å². The second kappa shape index (κ2) is 10.2. The van der Waals surface area contributed by atoms with Crippen LogP contribution in [0.3, 0.4) is 0 Å². The number of carbonyl (C=O) groups excluding carboxylic acids is 1. The number of para-hydroxylation sites is 2. The molecule has 0 aliphatic heterocycles. The molecule has 0 saturated carbocycles. The number of nitrogens with zero attached hydrogens (tertiary/aromatic N) is 4. The fourth-order valence-electron chi connectivity index (χ4n) is 2.32. The molecule has 1 heterocycles. The molecule has 10 nitrogen and oxygen atoms in total. The predicted octanol–water partition coefficient (Wildman–Crippen LogP) is 0.400. The van der Waals surface area contributed by atoms with Gasteiger partial charge in [0, 0.05) is 13.7 Å². The second-order valence-electron chi connectivity index (χ2n) is 5.77. The predicted molar refractivity (Wildman–Crippen MR) is 102 cm³/mol. The molecule has 4 N–H and O–H groups in total. The highest BCUT2D eigenvalue weighted by Crippen LogP contribution is 2.25. The van der Waals surface area contributed by atoms with E-state index in [1.165, 1.54) is 0 Å². The lowest BCUT2D eigenvalue weighted by molar-refractivity contribution is -0.122. The minimum atomic E-state index is -0.107. The summed E-state index contributed by atoms with van der Waals surface area (Å²) in [4.78, 5) is 26.2. The normalized spacial score (nSPS) is 10.7. The Balaban J connectivity index is 2.01. The van der Waals surface area contributed by atoms with Crippen molar-refractivity contribution in [2.75, 3.05) is 52.0 Å². The maximum absolute atomic E-state index is 11.9. The quantitative estimate of drug-likeness (QED) is 0.506. The molecule has 0 aliphatic carbocycles. The lowest BCUT2D eigenvalue weighted by atomic mass is 10.3. The molecule has 0 bridgehead atoms. The fraction of sp³-hybridized carbons (Fsp3) is 0.412. The molecule has 0 saturated heterocycles. The third kappa shape index (κ3) is 6.68. The van der Waals surface area contributed by atoms with Gasteiger partial charge in [0.05, 0.1) is 32.5 Å². The Bertz CT molecular complexity index is 757. The smallest absolute Gasteiger partial charge is 0.234 e. The first kappa shape index (κ1) is 20.3. The molecule has 27 heavy (non-hydrogen) atoms. The van der Waals surface area contributed by atoms with Crippen LogP contribution in [0.15, 0.2) is 24.3 Å². The van der Waals surface area contributed by atoms with Gasteiger partial charge in [0.15, 0.2) is 0 Å². The lowest BCUT2D eigenvalue weighted by Gasteiger charge is -2.16. The minimum Gasteiger partial charge on any atom is -0.495 e. The van der Waals surface area contributed by atoms with E-state index in [1.807, 2.05) is 24.3 Å². The molecular weight excluding hydrogens is 350 g/mol. The van der Waals surface area contributed by atoms with Crippen molar-refractivity contribution in [2.45, 2.75) is 6.54 Å². The Kier molecular flexibility index (Phi) is 7.71. The van der Waals surface area contributed by atoms with Gasteiger partial charge in [0.25, 0.3) is 0 Å². The van der Waals surface area contributed by atoms with Crippen molar-refractivity contribution in [1.82, 2.24) is 25.2 Å². The number of benzene rings is 1. The topological polar surface area (TPSA) is 128 Å². The van der Waals surface area contributed by atoms with Crippen molar-refractivity contribution in [3.63, 3.8) is 0 Å². The number of hydrogen-bond donors (Lipinski definition) is 3. The summed E-state index contributed by atoms with van der Waals surface area (Å²) in [6.45, 7) is 1.47. The Morgan fingerprint density at radius 1 is 1.22 bits per heavy atom. The molecule has 0 unspecified atom stereocenters. The summed E-state index contributed by atoms with van der Waals surface area (Å²) in [6.07, 6.45) is 0. The SMILES string of the molecule is COCCNC(=O)CN(C)Cc1nc(N)nc(Nc2ccccc2OC)n1. The van der Waals surface area contributed by atoms with E-state index >= 15 is 0 Å². The average Bonchev–Trinajstić information content (AvgIpc) is 2.61. The zero-order valence-electron chi connectivity index (χ0n) is 15.7. The van der Waals surface area contributed by atoms with Crippen LogP contribution in [0.1, 0.15) is 5.82 Å². The van der Waals surface area contributed by atoms with Crippen molar-refractivity contribution in [2.24, 2.45) is 0 Å². The Labute approximate surface area is 158 Å². The van der Waals surface area contributed by atoms with Crippen LogP contribution in [0.25, 0.3) is 0 Å². The Morgan fingerprint density at radius 2 is 2.00 bits per heavy atom. The molecule has 146 valence electrons. The summed E-state index contributed by atoms with van der Waals surface area (Å²) in [5.41, 5.74) is 6.51. The van der Waals surface area contributed by atoms with E-state index in [0.717, 1.165) is 0 Å². The van der Waals surface area contributed by atoms with Gasteiger partial charge in [0.1, 0.15) is 11.6 Å². The van der Waals surface area contributed by atoms with E-state index in [2.05, 4.69) is 25.6 Å². The highest BCUT2D eigenvalue weighted by Gasteiger charge is 2.12. The number of carbonyl (C=O) groups is 1. The number of nitrogens with one attached hydrogen (secondary N) is 2. The number of methoxy groups -OCH3 is 2. The summed E-state index contributed by atoms with van der Waals surface area (Å²) in [5.74, 6) is 1.40. The standard InChI is InChI=1S/C17H25N7O3/c1-24(11-15(25)19-8-9-26-2)10-14-21-16(18)23-17(22-14)20-12-6-4-5-7-13(12)27-3/h4-7H,8-11H2,1-3H3,(H,19,25)(H3,18,20,21,22,23). The molecule has 0 spiro atoms. The van der Waals surface area contributed by atoms with Gasteiger partial charge in [0.2, 0.25) is 17.8 Å². The van der Waals surface area contributed by atoms with E-state index in [9.17, 15) is 4.79 Å². The number of ether oxygens (including phenoxy) is 2. The van der Waals surface area contributed by atoms with Crippen molar-refractivity contribution in [1.29, 1.82) is 0 Å². The zero-order valence-corrected chi connectivity index (χ0v) is 15.7. The molecule has 1 aromatic carbocycles. The summed E-state index contributed by atoms with van der Waals surface area (Å²) >= 11 is 0. The summed E-state index contributed by atoms with van der Waals surface area (Å²) < 4.78 is 10.2. The van der Waals surface area contributed by atoms with Crippen molar-refractivity contribution >= 4 is 23.5 Å². The van der Waals surface area contributed by atoms with E-state index < -0.39 is 0 Å². The first-order valence-corrected chi connectivity index (χ1v) is 8.36. The highest BCUT2D eigenvalue weighted by molar-refractivity contribution is 5.77. The fourth-order valence-corrected chi connectivity index (χ4v) is 2.32. The minimum absolute atomic E-state index is 0.0929. The van der Waals surface area contributed by atoms with Crippen LogP contribution in [0.2, 0.25) is 0 Å². The lowest BCUT2D eigenvalue weighted by Crippen LogP contribution is -2.36. The van der Waals surface area contributed by atoms with Gasteiger partial charge in [-0.25, -0.2) is 0 Å². The van der Waals surface area contributed by atoms with Crippen LogP contribution in [-0.2, 0) is 16.1 Å². The number of nitrogens with two attached hydrogens (primary N) is 1. The highest BCUT2D eigenvalue weighted by atomic mass is 16.5. The van der Waals surface area contributed by atoms with Crippen LogP contribution in [0.4, 0.5) is 17.6 Å². The van der Waals surface area contributed by atoms with Crippen molar-refractivity contribution < 1.29 is 14.3 Å². The first-order chi connectivity index (χ1) is 13.0. The molecule has 2 rings (SSSR count). The number of anilines is 3. The Hall–Kier alpha value is -2.98. The molecule has 1 aromatic heterocycles. The van der Waals surface area contributed by atoms with E-state index in [-0.39, 0.29) is 18.4 Å². The second-order valence-corrected chi connectivity index (χ2v) is 5.77. The van der Waals surface area contributed by atoms with Crippen LogP contribution >= 0.6 is 0 Å². The summed E-state index contributed by atoms with van der Waals surface area (Å²) in [5, 5.41) is 5.83. The molecular formula is C17H25N7O3. The third-order valence-corrected chi connectivity index (χ3v) is 3.51. The van der Waals surface area contributed by atoms with Crippen molar-refractivity contribution in [3.05, 3.63) is 30.1 Å². The van der Waals surface area contributed by atoms with Crippen LogP contribution in [0.5, 0.6) is 5.75 Å². The summed E-state index contributed by atoms with van der Waals surface area (Å²) in [6, 6.07) is 7.40. The van der Waals surface area contributed by atoms with Gasteiger partial charge in [-0.3, -0.25) is 9.69 Å². The third-order valence-electron chi connectivity index (χ3n) is 3.51. The number of nitrogen functional groups attached to an aromatic ring is 1. The van der Waals surface area contributed by atoms with Crippen LogP contribution in [-0.4, -0.2) is 66.7 Å². The van der Waals surface area contributed by atoms with Gasteiger partial charge in [-0.05, 0) is 19.2 Å². The van der Waals surface area contributed by atoms with E-state index in [4.69, 9.17) is 15.2 Å². The number of likely N-dealkylation sites (N-methyl/N-ethyl adjacent to an activating group) is 1.